The fraction of sp³-hybridized carbons (Fsp3) is 0.769. The molecule has 1 fully saturated rings. The van der Waals surface area contributed by atoms with Gasteiger partial charge in [0.1, 0.15) is 0 Å². The van der Waals surface area contributed by atoms with Gasteiger partial charge in [-0.15, -0.1) is 0 Å². The van der Waals surface area contributed by atoms with E-state index in [0.717, 1.165) is 42.6 Å². The van der Waals surface area contributed by atoms with E-state index in [1.807, 2.05) is 4.68 Å². The highest BCUT2D eigenvalue weighted by atomic mass is 35.5. The highest BCUT2D eigenvalue weighted by molar-refractivity contribution is 6.31. The van der Waals surface area contributed by atoms with Crippen molar-refractivity contribution < 1.29 is 0 Å². The fourth-order valence-electron chi connectivity index (χ4n) is 1.95. The van der Waals surface area contributed by atoms with Gasteiger partial charge < -0.3 is 10.2 Å². The molecule has 18 heavy (non-hydrogen) atoms. The lowest BCUT2D eigenvalue weighted by molar-refractivity contribution is 0.332. The van der Waals surface area contributed by atoms with Crippen LogP contribution >= 0.6 is 11.6 Å². The molecule has 1 aliphatic rings. The summed E-state index contributed by atoms with van der Waals surface area (Å²) in [6.45, 7) is 7.79. The van der Waals surface area contributed by atoms with Crippen LogP contribution in [0, 0.1) is 0 Å². The van der Waals surface area contributed by atoms with Gasteiger partial charge in [-0.05, 0) is 33.4 Å². The summed E-state index contributed by atoms with van der Waals surface area (Å²) in [5.74, 6) is 0. The third-order valence-corrected chi connectivity index (χ3v) is 3.89. The summed E-state index contributed by atoms with van der Waals surface area (Å²) in [5, 5.41) is 8.92. The standard InChI is InChI=1S/C13H23ClN4/c1-4-17(3)9-12-13(14)11(16-18(12)5-2)8-15-10-6-7-10/h10,15H,4-9H2,1-3H3. The Balaban J connectivity index is 2.10. The zero-order chi connectivity index (χ0) is 13.1. The Morgan fingerprint density at radius 2 is 2.17 bits per heavy atom. The maximum atomic E-state index is 6.46. The molecular formula is C13H23ClN4. The van der Waals surface area contributed by atoms with Crippen LogP contribution in [-0.4, -0.2) is 34.3 Å². The summed E-state index contributed by atoms with van der Waals surface area (Å²) in [7, 11) is 2.10. The first-order chi connectivity index (χ1) is 8.65. The molecule has 0 aromatic carbocycles. The number of nitrogens with zero attached hydrogens (tertiary/aromatic N) is 3. The number of halogens is 1. The van der Waals surface area contributed by atoms with E-state index in [0.29, 0.717) is 6.04 Å². The van der Waals surface area contributed by atoms with Crippen molar-refractivity contribution in [3.63, 3.8) is 0 Å². The van der Waals surface area contributed by atoms with Crippen molar-refractivity contribution in [2.45, 2.75) is 52.4 Å². The fourth-order valence-corrected chi connectivity index (χ4v) is 2.21. The van der Waals surface area contributed by atoms with Gasteiger partial charge >= 0.3 is 0 Å². The van der Waals surface area contributed by atoms with Crippen LogP contribution in [0.2, 0.25) is 5.02 Å². The molecule has 1 N–H and O–H groups in total. The molecule has 5 heteroatoms. The molecule has 1 heterocycles. The third kappa shape index (κ3) is 3.25. The van der Waals surface area contributed by atoms with Gasteiger partial charge in [0.2, 0.25) is 0 Å². The Hall–Kier alpha value is -0.580. The number of nitrogens with one attached hydrogen (secondary N) is 1. The van der Waals surface area contributed by atoms with Crippen molar-refractivity contribution in [2.75, 3.05) is 13.6 Å². The lowest BCUT2D eigenvalue weighted by Crippen LogP contribution is -2.19. The van der Waals surface area contributed by atoms with Gasteiger partial charge in [-0.3, -0.25) is 4.68 Å². The largest absolute Gasteiger partial charge is 0.308 e. The van der Waals surface area contributed by atoms with Crippen LogP contribution in [0.15, 0.2) is 0 Å². The molecule has 1 saturated carbocycles. The normalized spacial score (nSPS) is 15.6. The average molecular weight is 271 g/mol. The Morgan fingerprint density at radius 3 is 2.72 bits per heavy atom. The van der Waals surface area contributed by atoms with Gasteiger partial charge in [0.05, 0.1) is 16.4 Å². The number of hydrogen-bond donors (Lipinski definition) is 1. The molecular weight excluding hydrogens is 248 g/mol. The van der Waals surface area contributed by atoms with Crippen LogP contribution in [0.1, 0.15) is 38.1 Å². The molecule has 0 atom stereocenters. The monoisotopic (exact) mass is 270 g/mol. The van der Waals surface area contributed by atoms with E-state index in [2.05, 4.69) is 36.2 Å². The molecule has 0 radical (unpaired) electrons. The van der Waals surface area contributed by atoms with Crippen molar-refractivity contribution in [2.24, 2.45) is 0 Å². The van der Waals surface area contributed by atoms with Gasteiger partial charge in [-0.1, -0.05) is 18.5 Å². The lowest BCUT2D eigenvalue weighted by Gasteiger charge is -2.14. The second-order valence-corrected chi connectivity index (χ2v) is 5.39. The third-order valence-electron chi connectivity index (χ3n) is 3.45. The molecule has 4 nitrogen and oxygen atoms in total. The minimum Gasteiger partial charge on any atom is -0.308 e. The molecule has 1 aliphatic carbocycles. The van der Waals surface area contributed by atoms with Crippen LogP contribution in [0.25, 0.3) is 0 Å². The summed E-state index contributed by atoms with van der Waals surface area (Å²) >= 11 is 6.46. The summed E-state index contributed by atoms with van der Waals surface area (Å²) in [6, 6.07) is 0.689. The molecule has 0 saturated heterocycles. The molecule has 0 amide bonds. The maximum Gasteiger partial charge on any atom is 0.0952 e. The highest BCUT2D eigenvalue weighted by Gasteiger charge is 2.22. The van der Waals surface area contributed by atoms with Gasteiger partial charge in [0.25, 0.3) is 0 Å². The number of aromatic nitrogens is 2. The molecule has 2 rings (SSSR count). The minimum absolute atomic E-state index is 0.689. The molecule has 0 unspecified atom stereocenters. The number of hydrogen-bond acceptors (Lipinski definition) is 3. The lowest BCUT2D eigenvalue weighted by atomic mass is 10.3. The molecule has 0 bridgehead atoms. The van der Waals surface area contributed by atoms with Crippen LogP contribution in [0.3, 0.4) is 0 Å². The highest BCUT2D eigenvalue weighted by Crippen LogP contribution is 2.24. The van der Waals surface area contributed by atoms with Crippen molar-refractivity contribution in [1.29, 1.82) is 0 Å². The minimum atomic E-state index is 0.689. The van der Waals surface area contributed by atoms with Gasteiger partial charge in [-0.2, -0.15) is 5.10 Å². The summed E-state index contributed by atoms with van der Waals surface area (Å²) in [4.78, 5) is 2.24. The summed E-state index contributed by atoms with van der Waals surface area (Å²) in [6.07, 6.45) is 2.58. The van der Waals surface area contributed by atoms with Gasteiger partial charge in [-0.25, -0.2) is 0 Å². The second-order valence-electron chi connectivity index (χ2n) is 5.01. The molecule has 1 aromatic heterocycles. The first-order valence-corrected chi connectivity index (χ1v) is 7.19. The summed E-state index contributed by atoms with van der Waals surface area (Å²) in [5.41, 5.74) is 2.13. The van der Waals surface area contributed by atoms with E-state index in [1.54, 1.807) is 0 Å². The summed E-state index contributed by atoms with van der Waals surface area (Å²) < 4.78 is 2.03. The van der Waals surface area contributed by atoms with Crippen LogP contribution < -0.4 is 5.32 Å². The zero-order valence-corrected chi connectivity index (χ0v) is 12.3. The zero-order valence-electron chi connectivity index (χ0n) is 11.5. The average Bonchev–Trinajstić information content (AvgIpc) is 3.15. The van der Waals surface area contributed by atoms with E-state index >= 15 is 0 Å². The topological polar surface area (TPSA) is 33.1 Å². The van der Waals surface area contributed by atoms with Gasteiger partial charge in [0.15, 0.2) is 0 Å². The smallest absolute Gasteiger partial charge is 0.0952 e. The molecule has 1 aromatic rings. The van der Waals surface area contributed by atoms with E-state index in [9.17, 15) is 0 Å². The first-order valence-electron chi connectivity index (χ1n) is 6.81. The van der Waals surface area contributed by atoms with Crippen LogP contribution in [-0.2, 0) is 19.6 Å². The van der Waals surface area contributed by atoms with Crippen molar-refractivity contribution in [3.8, 4) is 0 Å². The number of rotatable bonds is 7. The predicted octanol–water partition coefficient (Wildman–Crippen LogP) is 2.26. The van der Waals surface area contributed by atoms with Crippen LogP contribution in [0.4, 0.5) is 0 Å². The molecule has 0 spiro atoms. The van der Waals surface area contributed by atoms with E-state index in [4.69, 9.17) is 11.6 Å². The van der Waals surface area contributed by atoms with E-state index in [-0.39, 0.29) is 0 Å². The number of aryl methyl sites for hydroxylation is 1. The van der Waals surface area contributed by atoms with Crippen molar-refractivity contribution in [3.05, 3.63) is 16.4 Å². The van der Waals surface area contributed by atoms with Crippen molar-refractivity contribution >= 4 is 11.6 Å². The Kier molecular flexibility index (Phi) is 4.65. The molecule has 102 valence electrons. The van der Waals surface area contributed by atoms with Gasteiger partial charge in [0, 0.05) is 25.7 Å². The Bertz CT molecular complexity index is 398. The Labute approximate surface area is 114 Å². The van der Waals surface area contributed by atoms with E-state index < -0.39 is 0 Å². The molecule has 0 aliphatic heterocycles. The predicted molar refractivity (Wildman–Crippen MR) is 74.8 cm³/mol. The quantitative estimate of drug-likeness (QED) is 0.825. The SMILES string of the molecule is CCN(C)Cc1c(Cl)c(CNC2CC2)nn1CC. The van der Waals surface area contributed by atoms with Crippen LogP contribution in [0.5, 0.6) is 0 Å². The second kappa shape index (κ2) is 6.04. The van der Waals surface area contributed by atoms with E-state index in [1.165, 1.54) is 12.8 Å². The Morgan fingerprint density at radius 1 is 1.44 bits per heavy atom. The van der Waals surface area contributed by atoms with Crippen molar-refractivity contribution in [1.82, 2.24) is 20.0 Å². The maximum absolute atomic E-state index is 6.46. The first kappa shape index (κ1) is 13.8.